The molecule has 5 heteroatoms. The standard InChI is InChI=1S/C18H21N3O2/c1-23-16-9-3-2-7-14(16)13-20-18(22)15-8-6-10-19-17(15)21-11-4-5-12-21/h2-3,6-10H,4-5,11-13H2,1H3,(H,20,22). The molecule has 0 saturated carbocycles. The summed E-state index contributed by atoms with van der Waals surface area (Å²) < 4.78 is 5.32. The molecule has 1 aromatic heterocycles. The molecule has 1 aliphatic heterocycles. The number of hydrogen-bond acceptors (Lipinski definition) is 4. The van der Waals surface area contributed by atoms with Gasteiger partial charge in [-0.15, -0.1) is 0 Å². The highest BCUT2D eigenvalue weighted by molar-refractivity contribution is 5.98. The van der Waals surface area contributed by atoms with E-state index < -0.39 is 0 Å². The zero-order valence-corrected chi connectivity index (χ0v) is 13.3. The lowest BCUT2D eigenvalue weighted by Crippen LogP contribution is -2.28. The van der Waals surface area contributed by atoms with Crippen LogP contribution in [-0.2, 0) is 6.54 Å². The van der Waals surface area contributed by atoms with Crippen LogP contribution in [0.15, 0.2) is 42.6 Å². The number of para-hydroxylation sites is 1. The second-order valence-corrected chi connectivity index (χ2v) is 5.56. The Hall–Kier alpha value is -2.56. The van der Waals surface area contributed by atoms with E-state index in [0.29, 0.717) is 12.1 Å². The number of benzene rings is 1. The first-order chi connectivity index (χ1) is 11.3. The van der Waals surface area contributed by atoms with Crippen molar-refractivity contribution in [3.05, 3.63) is 53.7 Å². The fraction of sp³-hybridized carbons (Fsp3) is 0.333. The predicted molar refractivity (Wildman–Crippen MR) is 89.8 cm³/mol. The molecule has 0 radical (unpaired) electrons. The van der Waals surface area contributed by atoms with Crippen LogP contribution in [-0.4, -0.2) is 31.1 Å². The summed E-state index contributed by atoms with van der Waals surface area (Å²) in [5, 5.41) is 2.97. The number of hydrogen-bond donors (Lipinski definition) is 1. The second kappa shape index (κ2) is 7.13. The van der Waals surface area contributed by atoms with E-state index in [4.69, 9.17) is 4.74 Å². The lowest BCUT2D eigenvalue weighted by molar-refractivity contribution is 0.0951. The third kappa shape index (κ3) is 3.44. The third-order valence-corrected chi connectivity index (χ3v) is 4.07. The molecule has 1 amide bonds. The van der Waals surface area contributed by atoms with Gasteiger partial charge in [-0.2, -0.15) is 0 Å². The monoisotopic (exact) mass is 311 g/mol. The van der Waals surface area contributed by atoms with Crippen LogP contribution >= 0.6 is 0 Å². The summed E-state index contributed by atoms with van der Waals surface area (Å²) in [5.74, 6) is 1.45. The fourth-order valence-electron chi connectivity index (χ4n) is 2.87. The summed E-state index contributed by atoms with van der Waals surface area (Å²) in [6.07, 6.45) is 4.04. The van der Waals surface area contributed by atoms with Crippen molar-refractivity contribution in [2.75, 3.05) is 25.1 Å². The van der Waals surface area contributed by atoms with Crippen molar-refractivity contribution in [3.8, 4) is 5.75 Å². The molecule has 1 aliphatic rings. The third-order valence-electron chi connectivity index (χ3n) is 4.07. The summed E-state index contributed by atoms with van der Waals surface area (Å²) >= 11 is 0. The Balaban J connectivity index is 1.73. The van der Waals surface area contributed by atoms with Crippen LogP contribution < -0.4 is 15.0 Å². The Morgan fingerprint density at radius 1 is 1.22 bits per heavy atom. The first kappa shape index (κ1) is 15.3. The number of nitrogens with one attached hydrogen (secondary N) is 1. The first-order valence-electron chi connectivity index (χ1n) is 7.89. The van der Waals surface area contributed by atoms with Crippen molar-refractivity contribution >= 4 is 11.7 Å². The normalized spacial score (nSPS) is 13.9. The van der Waals surface area contributed by atoms with E-state index in [2.05, 4.69) is 15.2 Å². The first-order valence-corrected chi connectivity index (χ1v) is 7.89. The van der Waals surface area contributed by atoms with Gasteiger partial charge in [0, 0.05) is 31.4 Å². The molecule has 3 rings (SSSR count). The highest BCUT2D eigenvalue weighted by atomic mass is 16.5. The smallest absolute Gasteiger partial charge is 0.255 e. The number of carbonyl (C=O) groups is 1. The van der Waals surface area contributed by atoms with Gasteiger partial charge in [0.2, 0.25) is 0 Å². The van der Waals surface area contributed by atoms with Gasteiger partial charge in [0.25, 0.3) is 5.91 Å². The molecular formula is C18H21N3O2. The molecule has 0 bridgehead atoms. The minimum absolute atomic E-state index is 0.106. The SMILES string of the molecule is COc1ccccc1CNC(=O)c1cccnc1N1CCCC1. The van der Waals surface area contributed by atoms with Crippen LogP contribution in [0, 0.1) is 0 Å². The molecule has 0 unspecified atom stereocenters. The Morgan fingerprint density at radius 2 is 2.00 bits per heavy atom. The van der Waals surface area contributed by atoms with Crippen molar-refractivity contribution in [1.29, 1.82) is 0 Å². The summed E-state index contributed by atoms with van der Waals surface area (Å²) in [6, 6.07) is 11.3. The average Bonchev–Trinajstić information content (AvgIpc) is 3.14. The second-order valence-electron chi connectivity index (χ2n) is 5.56. The lowest BCUT2D eigenvalue weighted by atomic mass is 10.2. The van der Waals surface area contributed by atoms with Crippen LogP contribution in [0.3, 0.4) is 0 Å². The molecule has 2 heterocycles. The number of ether oxygens (including phenoxy) is 1. The van der Waals surface area contributed by atoms with Gasteiger partial charge in [-0.05, 0) is 31.0 Å². The van der Waals surface area contributed by atoms with Gasteiger partial charge < -0.3 is 15.0 Å². The minimum Gasteiger partial charge on any atom is -0.496 e. The van der Waals surface area contributed by atoms with Crippen LogP contribution in [0.4, 0.5) is 5.82 Å². The lowest BCUT2D eigenvalue weighted by Gasteiger charge is -2.19. The van der Waals surface area contributed by atoms with Gasteiger partial charge in [-0.25, -0.2) is 4.98 Å². The summed E-state index contributed by atoms with van der Waals surface area (Å²) in [7, 11) is 1.63. The van der Waals surface area contributed by atoms with Crippen molar-refractivity contribution in [2.24, 2.45) is 0 Å². The molecular weight excluding hydrogens is 290 g/mol. The van der Waals surface area contributed by atoms with E-state index in [1.54, 1.807) is 19.4 Å². The van der Waals surface area contributed by atoms with Gasteiger partial charge in [0.1, 0.15) is 11.6 Å². The van der Waals surface area contributed by atoms with Gasteiger partial charge in [-0.3, -0.25) is 4.79 Å². The number of nitrogens with zero attached hydrogens (tertiary/aromatic N) is 2. The maximum Gasteiger partial charge on any atom is 0.255 e. The molecule has 5 nitrogen and oxygen atoms in total. The van der Waals surface area contributed by atoms with Crippen molar-refractivity contribution in [3.63, 3.8) is 0 Å². The van der Waals surface area contributed by atoms with E-state index in [0.717, 1.165) is 43.1 Å². The van der Waals surface area contributed by atoms with Gasteiger partial charge in [-0.1, -0.05) is 18.2 Å². The Kier molecular flexibility index (Phi) is 4.76. The molecule has 0 aliphatic carbocycles. The number of carbonyl (C=O) groups excluding carboxylic acids is 1. The molecule has 0 spiro atoms. The van der Waals surface area contributed by atoms with Crippen LogP contribution in [0.5, 0.6) is 5.75 Å². The predicted octanol–water partition coefficient (Wildman–Crippen LogP) is 2.62. The molecule has 120 valence electrons. The van der Waals surface area contributed by atoms with Crippen molar-refractivity contribution < 1.29 is 9.53 Å². The number of pyridine rings is 1. The molecule has 2 aromatic rings. The Morgan fingerprint density at radius 3 is 2.78 bits per heavy atom. The average molecular weight is 311 g/mol. The quantitative estimate of drug-likeness (QED) is 0.922. The largest absolute Gasteiger partial charge is 0.496 e. The molecule has 1 fully saturated rings. The zero-order valence-electron chi connectivity index (χ0n) is 13.3. The summed E-state index contributed by atoms with van der Waals surface area (Å²) in [4.78, 5) is 19.2. The van der Waals surface area contributed by atoms with Crippen LogP contribution in [0.25, 0.3) is 0 Å². The van der Waals surface area contributed by atoms with E-state index in [-0.39, 0.29) is 5.91 Å². The number of rotatable bonds is 5. The van der Waals surface area contributed by atoms with Gasteiger partial charge in [0.15, 0.2) is 0 Å². The van der Waals surface area contributed by atoms with Gasteiger partial charge >= 0.3 is 0 Å². The maximum absolute atomic E-state index is 12.6. The maximum atomic E-state index is 12.6. The highest BCUT2D eigenvalue weighted by Crippen LogP contribution is 2.22. The molecule has 1 aromatic carbocycles. The van der Waals surface area contributed by atoms with Crippen molar-refractivity contribution in [1.82, 2.24) is 10.3 Å². The number of amides is 1. The highest BCUT2D eigenvalue weighted by Gasteiger charge is 2.20. The van der Waals surface area contributed by atoms with E-state index in [9.17, 15) is 4.79 Å². The topological polar surface area (TPSA) is 54.5 Å². The van der Waals surface area contributed by atoms with E-state index in [1.807, 2.05) is 30.3 Å². The zero-order chi connectivity index (χ0) is 16.1. The Labute approximate surface area is 136 Å². The fourth-order valence-corrected chi connectivity index (χ4v) is 2.87. The van der Waals surface area contributed by atoms with E-state index in [1.165, 1.54) is 0 Å². The molecule has 0 atom stereocenters. The van der Waals surface area contributed by atoms with Gasteiger partial charge in [0.05, 0.1) is 12.7 Å². The molecule has 1 N–H and O–H groups in total. The summed E-state index contributed by atoms with van der Waals surface area (Å²) in [6.45, 7) is 2.35. The number of aromatic nitrogens is 1. The molecule has 23 heavy (non-hydrogen) atoms. The van der Waals surface area contributed by atoms with Crippen LogP contribution in [0.2, 0.25) is 0 Å². The van der Waals surface area contributed by atoms with Crippen LogP contribution in [0.1, 0.15) is 28.8 Å². The minimum atomic E-state index is -0.106. The number of methoxy groups -OCH3 is 1. The summed E-state index contributed by atoms with van der Waals surface area (Å²) in [5.41, 5.74) is 1.58. The Bertz CT molecular complexity index is 681. The van der Waals surface area contributed by atoms with E-state index >= 15 is 0 Å². The number of anilines is 1. The van der Waals surface area contributed by atoms with Crippen molar-refractivity contribution in [2.45, 2.75) is 19.4 Å². The molecule has 1 saturated heterocycles.